The third-order valence-corrected chi connectivity index (χ3v) is 9.17. The van der Waals surface area contributed by atoms with E-state index in [1.165, 1.54) is 4.21 Å². The second-order valence-electron chi connectivity index (χ2n) is 9.05. The van der Waals surface area contributed by atoms with Crippen molar-refractivity contribution in [2.45, 2.75) is 42.5 Å². The lowest BCUT2D eigenvalue weighted by molar-refractivity contribution is -0.153. The van der Waals surface area contributed by atoms with E-state index in [2.05, 4.69) is 27.4 Å². The summed E-state index contributed by atoms with van der Waals surface area (Å²) in [5, 5.41) is 24.3. The van der Waals surface area contributed by atoms with E-state index in [0.717, 1.165) is 47.4 Å². The summed E-state index contributed by atoms with van der Waals surface area (Å²) in [7, 11) is 1.60. The minimum Gasteiger partial charge on any atom is -0.497 e. The summed E-state index contributed by atoms with van der Waals surface area (Å²) >= 11 is 3.60. The zero-order valence-electron chi connectivity index (χ0n) is 20.0. The molecule has 0 saturated carbocycles. The highest BCUT2D eigenvalue weighted by Crippen LogP contribution is 2.40. The zero-order chi connectivity index (χ0) is 24.8. The molecular weight excluding hydrogens is 482 g/mol. The topological polar surface area (TPSA) is 109 Å². The molecule has 0 radical (unpaired) electrons. The highest BCUT2D eigenvalue weighted by molar-refractivity contribution is 8.01. The molecule has 0 bridgehead atoms. The van der Waals surface area contributed by atoms with Gasteiger partial charge in [0.05, 0.1) is 28.4 Å². The van der Waals surface area contributed by atoms with Crippen molar-refractivity contribution in [3.05, 3.63) is 53.0 Å². The van der Waals surface area contributed by atoms with Crippen LogP contribution in [0.25, 0.3) is 10.9 Å². The molecular formula is C26H33N3O4S2. The van der Waals surface area contributed by atoms with Gasteiger partial charge >= 0.3 is 5.97 Å². The first kappa shape index (κ1) is 25.9. The van der Waals surface area contributed by atoms with Crippen LogP contribution in [-0.2, 0) is 11.3 Å². The second kappa shape index (κ2) is 11.7. The number of carbonyl (C=O) groups is 1. The Kier molecular flexibility index (Phi) is 8.67. The van der Waals surface area contributed by atoms with Gasteiger partial charge in [0.15, 0.2) is 0 Å². The summed E-state index contributed by atoms with van der Waals surface area (Å²) in [5.41, 5.74) is 7.38. The normalized spacial score (nSPS) is 16.9. The van der Waals surface area contributed by atoms with Gasteiger partial charge in [-0.15, -0.1) is 23.1 Å². The molecule has 0 spiro atoms. The molecule has 2 aromatic heterocycles. The maximum atomic E-state index is 12.4. The summed E-state index contributed by atoms with van der Waals surface area (Å²) in [6, 6.07) is 9.74. The van der Waals surface area contributed by atoms with Crippen molar-refractivity contribution in [2.24, 2.45) is 11.1 Å². The Balaban J connectivity index is 1.42. The number of nitrogens with zero attached hydrogens (tertiary/aromatic N) is 2. The van der Waals surface area contributed by atoms with E-state index >= 15 is 0 Å². The van der Waals surface area contributed by atoms with E-state index in [0.29, 0.717) is 31.4 Å². The number of aromatic nitrogens is 1. The highest BCUT2D eigenvalue weighted by atomic mass is 32.2. The van der Waals surface area contributed by atoms with Crippen LogP contribution in [0.5, 0.6) is 5.75 Å². The zero-order valence-corrected chi connectivity index (χ0v) is 21.6. The third kappa shape index (κ3) is 5.98. The van der Waals surface area contributed by atoms with Crippen LogP contribution in [0.1, 0.15) is 42.9 Å². The van der Waals surface area contributed by atoms with Crippen molar-refractivity contribution >= 4 is 40.0 Å². The van der Waals surface area contributed by atoms with Gasteiger partial charge in [0.2, 0.25) is 0 Å². The molecule has 0 unspecified atom stereocenters. The Morgan fingerprint density at radius 1 is 1.34 bits per heavy atom. The molecule has 1 saturated heterocycles. The molecule has 9 heteroatoms. The summed E-state index contributed by atoms with van der Waals surface area (Å²) in [4.78, 5) is 19.2. The lowest BCUT2D eigenvalue weighted by atomic mass is 9.74. The highest BCUT2D eigenvalue weighted by Gasteiger charge is 2.41. The number of pyridine rings is 1. The van der Waals surface area contributed by atoms with Crippen LogP contribution in [0.15, 0.2) is 46.1 Å². The smallest absolute Gasteiger partial charge is 0.309 e. The predicted octanol–water partition coefficient (Wildman–Crippen LogP) is 4.54. The van der Waals surface area contributed by atoms with Crippen LogP contribution >= 0.6 is 23.1 Å². The number of benzene rings is 1. The number of ether oxygens (including phenoxy) is 1. The van der Waals surface area contributed by atoms with Crippen LogP contribution in [-0.4, -0.2) is 58.6 Å². The van der Waals surface area contributed by atoms with Crippen molar-refractivity contribution in [3.63, 3.8) is 0 Å². The van der Waals surface area contributed by atoms with Crippen LogP contribution < -0.4 is 10.5 Å². The van der Waals surface area contributed by atoms with Crippen molar-refractivity contribution in [2.75, 3.05) is 32.5 Å². The maximum absolute atomic E-state index is 12.4. The summed E-state index contributed by atoms with van der Waals surface area (Å²) in [5.74, 6) is 0.908. The van der Waals surface area contributed by atoms with Gasteiger partial charge in [-0.3, -0.25) is 9.78 Å². The number of thioether (sulfide) groups is 1. The number of fused-ring (bicyclic) bond motifs is 1. The summed E-state index contributed by atoms with van der Waals surface area (Å²) < 4.78 is 6.68. The molecule has 3 heterocycles. The molecule has 7 nitrogen and oxygen atoms in total. The number of aliphatic hydroxyl groups is 1. The largest absolute Gasteiger partial charge is 0.497 e. The molecule has 1 aliphatic heterocycles. The lowest BCUT2D eigenvalue weighted by Crippen LogP contribution is -2.45. The molecule has 1 aromatic carbocycles. The minimum atomic E-state index is -0.831. The van der Waals surface area contributed by atoms with E-state index in [1.807, 2.05) is 30.0 Å². The Morgan fingerprint density at radius 3 is 2.80 bits per heavy atom. The molecule has 0 aliphatic carbocycles. The first-order valence-corrected chi connectivity index (χ1v) is 13.8. The van der Waals surface area contributed by atoms with Gasteiger partial charge in [-0.05, 0) is 79.5 Å². The average Bonchev–Trinajstić information content (AvgIpc) is 3.40. The monoisotopic (exact) mass is 515 g/mol. The first-order valence-electron chi connectivity index (χ1n) is 11.9. The molecule has 1 fully saturated rings. The van der Waals surface area contributed by atoms with Gasteiger partial charge in [0, 0.05) is 30.4 Å². The van der Waals surface area contributed by atoms with Crippen molar-refractivity contribution in [1.29, 1.82) is 0 Å². The SMILES string of the molecule is COc1ccc2ncc(CN)c([C@@H](O)CCC3(C(=O)O)CCN(CCSc4cccs4)CC3)c2c1. The third-order valence-electron chi connectivity index (χ3n) is 7.06. The quantitative estimate of drug-likeness (QED) is 0.320. The number of hydrogen-bond donors (Lipinski definition) is 3. The van der Waals surface area contributed by atoms with Gasteiger partial charge in [0.1, 0.15) is 5.75 Å². The van der Waals surface area contributed by atoms with Crippen LogP contribution in [0, 0.1) is 5.41 Å². The van der Waals surface area contributed by atoms with E-state index in [-0.39, 0.29) is 6.54 Å². The fourth-order valence-corrected chi connectivity index (χ4v) is 6.73. The van der Waals surface area contributed by atoms with Crippen LogP contribution in [0.2, 0.25) is 0 Å². The van der Waals surface area contributed by atoms with Crippen LogP contribution in [0.3, 0.4) is 0 Å². The minimum absolute atomic E-state index is 0.245. The number of aliphatic hydroxyl groups excluding tert-OH is 1. The van der Waals surface area contributed by atoms with E-state index in [4.69, 9.17) is 10.5 Å². The van der Waals surface area contributed by atoms with Crippen molar-refractivity contribution in [3.8, 4) is 5.75 Å². The van der Waals surface area contributed by atoms with Gasteiger partial charge in [-0.2, -0.15) is 0 Å². The summed E-state index contributed by atoms with van der Waals surface area (Å²) in [6.45, 7) is 2.72. The van der Waals surface area contributed by atoms with Gasteiger partial charge in [-0.1, -0.05) is 6.07 Å². The standard InChI is InChI=1S/C26H33N3O4S2/c1-33-19-4-5-21-20(15-19)24(18(16-27)17-28-21)22(30)6-7-26(25(31)32)8-10-29(11-9-26)12-14-35-23-3-2-13-34-23/h2-5,13,15,17,22,30H,6-12,14,16,27H2,1H3,(H,31,32)/t22-/m0/s1. The number of carboxylic acids is 1. The van der Waals surface area contributed by atoms with Gasteiger partial charge in [0.25, 0.3) is 0 Å². The second-order valence-corrected chi connectivity index (χ2v) is 11.4. The fourth-order valence-electron chi connectivity index (χ4n) is 4.87. The number of piperidine rings is 1. The number of rotatable bonds is 11. The number of carboxylic acid groups (broad SMARTS) is 1. The Labute approximate surface area is 214 Å². The number of aliphatic carboxylic acids is 1. The molecule has 4 N–H and O–H groups in total. The molecule has 0 amide bonds. The van der Waals surface area contributed by atoms with E-state index in [9.17, 15) is 15.0 Å². The molecule has 188 valence electrons. The number of nitrogens with two attached hydrogens (primary N) is 1. The Morgan fingerprint density at radius 2 is 2.14 bits per heavy atom. The van der Waals surface area contributed by atoms with Crippen LogP contribution in [0.4, 0.5) is 0 Å². The van der Waals surface area contributed by atoms with E-state index in [1.54, 1.807) is 24.6 Å². The predicted molar refractivity (Wildman–Crippen MR) is 141 cm³/mol. The number of methoxy groups -OCH3 is 1. The first-order chi connectivity index (χ1) is 17.0. The van der Waals surface area contributed by atoms with Crippen molar-refractivity contribution < 1.29 is 19.7 Å². The van der Waals surface area contributed by atoms with Crippen molar-refractivity contribution in [1.82, 2.24) is 9.88 Å². The van der Waals surface area contributed by atoms with E-state index < -0.39 is 17.5 Å². The number of hydrogen-bond acceptors (Lipinski definition) is 8. The summed E-state index contributed by atoms with van der Waals surface area (Å²) in [6.07, 6.45) is 2.82. The van der Waals surface area contributed by atoms with Gasteiger partial charge < -0.3 is 25.6 Å². The maximum Gasteiger partial charge on any atom is 0.309 e. The molecule has 35 heavy (non-hydrogen) atoms. The Hall–Kier alpha value is -2.17. The molecule has 3 aromatic rings. The number of likely N-dealkylation sites (tertiary alicyclic amines) is 1. The molecule has 1 atom stereocenters. The fraction of sp³-hybridized carbons (Fsp3) is 0.462. The number of thiophene rings is 1. The lowest BCUT2D eigenvalue weighted by Gasteiger charge is -2.39. The Bertz CT molecular complexity index is 1130. The molecule has 4 rings (SSSR count). The average molecular weight is 516 g/mol. The van der Waals surface area contributed by atoms with Gasteiger partial charge in [-0.25, -0.2) is 0 Å². The molecule has 1 aliphatic rings.